The first kappa shape index (κ1) is 23.6. The van der Waals surface area contributed by atoms with Crippen LogP contribution in [0.15, 0.2) is 70.4 Å². The molecule has 2 aromatic carbocycles. The lowest BCUT2D eigenvalue weighted by Gasteiger charge is -2.10. The maximum Gasteiger partial charge on any atom is 0.273 e. The second-order valence-corrected chi connectivity index (χ2v) is 8.53. The summed E-state index contributed by atoms with van der Waals surface area (Å²) in [6.45, 7) is 2.76. The number of carbonyl (C=O) groups is 1. The van der Waals surface area contributed by atoms with Gasteiger partial charge < -0.3 is 14.5 Å². The number of methoxy groups -OCH3 is 1. The summed E-state index contributed by atoms with van der Waals surface area (Å²) in [6.07, 6.45) is 4.54. The minimum atomic E-state index is -0.219. The summed E-state index contributed by atoms with van der Waals surface area (Å²) in [6, 6.07) is 17.6. The smallest absolute Gasteiger partial charge is 0.273 e. The van der Waals surface area contributed by atoms with Crippen LogP contribution in [-0.2, 0) is 5.75 Å². The van der Waals surface area contributed by atoms with E-state index in [4.69, 9.17) is 9.15 Å². The monoisotopic (exact) mass is 477 g/mol. The summed E-state index contributed by atoms with van der Waals surface area (Å²) in [5, 5.41) is 12.4. The lowest BCUT2D eigenvalue weighted by Crippen LogP contribution is -2.24. The standard InChI is InChI=1S/C25H27N5O3S/c1-3-4-8-14-26-24(31)21-16-33-22(27-21)17-34-25-29-28-23(18-10-9-13-20(15-18)32-2)30(25)19-11-6-5-7-12-19/h5-7,9-13,15-16H,3-4,8,14,17H2,1-2H3,(H,26,31). The van der Waals surface area contributed by atoms with Crippen LogP contribution in [0, 0.1) is 0 Å². The second kappa shape index (κ2) is 11.5. The van der Waals surface area contributed by atoms with Crippen molar-refractivity contribution >= 4 is 17.7 Å². The number of hydrogen-bond donors (Lipinski definition) is 1. The average Bonchev–Trinajstić information content (AvgIpc) is 3.53. The molecular weight excluding hydrogens is 450 g/mol. The molecule has 0 aliphatic carbocycles. The van der Waals surface area contributed by atoms with E-state index in [0.717, 1.165) is 36.3 Å². The predicted octanol–water partition coefficient (Wildman–Crippen LogP) is 5.14. The Balaban J connectivity index is 1.52. The Morgan fingerprint density at radius 3 is 2.76 bits per heavy atom. The van der Waals surface area contributed by atoms with E-state index in [1.807, 2.05) is 59.2 Å². The maximum absolute atomic E-state index is 12.3. The minimum Gasteiger partial charge on any atom is -0.497 e. The number of nitrogens with zero attached hydrogens (tertiary/aromatic N) is 4. The number of benzene rings is 2. The van der Waals surface area contributed by atoms with Crippen molar-refractivity contribution in [3.63, 3.8) is 0 Å². The van der Waals surface area contributed by atoms with Gasteiger partial charge in [0.25, 0.3) is 5.91 Å². The summed E-state index contributed by atoms with van der Waals surface area (Å²) in [4.78, 5) is 16.6. The zero-order valence-electron chi connectivity index (χ0n) is 19.2. The normalized spacial score (nSPS) is 10.9. The molecule has 1 N–H and O–H groups in total. The SMILES string of the molecule is CCCCCNC(=O)c1coc(CSc2nnc(-c3cccc(OC)c3)n2-c2ccccc2)n1. The van der Waals surface area contributed by atoms with Crippen LogP contribution in [0.5, 0.6) is 5.75 Å². The van der Waals surface area contributed by atoms with Crippen LogP contribution in [0.1, 0.15) is 42.6 Å². The molecule has 1 amide bonds. The number of hydrogen-bond acceptors (Lipinski definition) is 7. The van der Waals surface area contributed by atoms with Crippen molar-refractivity contribution < 1.29 is 13.9 Å². The van der Waals surface area contributed by atoms with Crippen LogP contribution in [0.25, 0.3) is 17.1 Å². The molecule has 0 aliphatic heterocycles. The van der Waals surface area contributed by atoms with Gasteiger partial charge in [-0.05, 0) is 30.7 Å². The number of oxazole rings is 1. The number of para-hydroxylation sites is 1. The van der Waals surface area contributed by atoms with Gasteiger partial charge in [0.2, 0.25) is 5.89 Å². The van der Waals surface area contributed by atoms with Crippen molar-refractivity contribution in [3.8, 4) is 22.8 Å². The molecular formula is C25H27N5O3S. The Bertz CT molecular complexity index is 1220. The van der Waals surface area contributed by atoms with Crippen molar-refractivity contribution in [3.05, 3.63) is 72.4 Å². The molecule has 176 valence electrons. The Hall–Kier alpha value is -3.59. The topological polar surface area (TPSA) is 95.1 Å². The number of rotatable bonds is 11. The van der Waals surface area contributed by atoms with Crippen molar-refractivity contribution in [1.82, 2.24) is 25.1 Å². The largest absolute Gasteiger partial charge is 0.497 e. The van der Waals surface area contributed by atoms with Gasteiger partial charge in [-0.25, -0.2) is 4.98 Å². The highest BCUT2D eigenvalue weighted by molar-refractivity contribution is 7.98. The van der Waals surface area contributed by atoms with Gasteiger partial charge in [0.15, 0.2) is 16.7 Å². The van der Waals surface area contributed by atoms with Gasteiger partial charge in [-0.1, -0.05) is 61.9 Å². The fourth-order valence-electron chi connectivity index (χ4n) is 3.40. The minimum absolute atomic E-state index is 0.219. The Morgan fingerprint density at radius 2 is 1.97 bits per heavy atom. The van der Waals surface area contributed by atoms with E-state index in [1.54, 1.807) is 7.11 Å². The van der Waals surface area contributed by atoms with Crippen LogP contribution in [0.2, 0.25) is 0 Å². The van der Waals surface area contributed by atoms with E-state index in [-0.39, 0.29) is 11.6 Å². The molecule has 0 aliphatic rings. The van der Waals surface area contributed by atoms with Gasteiger partial charge in [0.1, 0.15) is 12.0 Å². The molecule has 0 bridgehead atoms. The lowest BCUT2D eigenvalue weighted by molar-refractivity contribution is 0.0948. The van der Waals surface area contributed by atoms with E-state index in [9.17, 15) is 4.79 Å². The molecule has 34 heavy (non-hydrogen) atoms. The first-order valence-corrected chi connectivity index (χ1v) is 12.2. The van der Waals surface area contributed by atoms with Gasteiger partial charge in [0, 0.05) is 17.8 Å². The lowest BCUT2D eigenvalue weighted by atomic mass is 10.2. The quantitative estimate of drug-likeness (QED) is 0.236. The van der Waals surface area contributed by atoms with Gasteiger partial charge in [-0.2, -0.15) is 0 Å². The van der Waals surface area contributed by atoms with Gasteiger partial charge in [0.05, 0.1) is 12.9 Å². The third kappa shape index (κ3) is 5.66. The highest BCUT2D eigenvalue weighted by Gasteiger charge is 2.18. The number of nitrogens with one attached hydrogen (secondary N) is 1. The Labute approximate surface area is 202 Å². The Kier molecular flexibility index (Phi) is 7.98. The predicted molar refractivity (Wildman–Crippen MR) is 131 cm³/mol. The zero-order chi connectivity index (χ0) is 23.8. The van der Waals surface area contributed by atoms with Gasteiger partial charge in [-0.15, -0.1) is 10.2 Å². The van der Waals surface area contributed by atoms with E-state index >= 15 is 0 Å². The number of aromatic nitrogens is 4. The van der Waals surface area contributed by atoms with Crippen LogP contribution >= 0.6 is 11.8 Å². The van der Waals surface area contributed by atoms with Crippen molar-refractivity contribution in [2.45, 2.75) is 37.1 Å². The zero-order valence-corrected chi connectivity index (χ0v) is 20.0. The number of thioether (sulfide) groups is 1. The number of ether oxygens (including phenoxy) is 1. The van der Waals surface area contributed by atoms with Crippen molar-refractivity contribution in [2.24, 2.45) is 0 Å². The highest BCUT2D eigenvalue weighted by atomic mass is 32.2. The summed E-state index contributed by atoms with van der Waals surface area (Å²) < 4.78 is 12.9. The molecule has 2 aromatic heterocycles. The van der Waals surface area contributed by atoms with E-state index < -0.39 is 0 Å². The van der Waals surface area contributed by atoms with E-state index in [2.05, 4.69) is 27.4 Å². The van der Waals surface area contributed by atoms with Crippen molar-refractivity contribution in [2.75, 3.05) is 13.7 Å². The molecule has 4 aromatic rings. The van der Waals surface area contributed by atoms with Crippen LogP contribution < -0.4 is 10.1 Å². The van der Waals surface area contributed by atoms with Gasteiger partial charge in [-0.3, -0.25) is 9.36 Å². The summed E-state index contributed by atoms with van der Waals surface area (Å²) in [5.41, 5.74) is 2.11. The molecule has 4 rings (SSSR count). The molecule has 0 unspecified atom stereocenters. The summed E-state index contributed by atoms with van der Waals surface area (Å²) in [5.74, 6) is 2.09. The van der Waals surface area contributed by atoms with Gasteiger partial charge >= 0.3 is 0 Å². The fourth-order valence-corrected chi connectivity index (χ4v) is 4.20. The fraction of sp³-hybridized carbons (Fsp3) is 0.280. The Morgan fingerprint density at radius 1 is 1.12 bits per heavy atom. The van der Waals surface area contributed by atoms with Crippen LogP contribution in [-0.4, -0.2) is 39.3 Å². The van der Waals surface area contributed by atoms with E-state index in [0.29, 0.717) is 29.2 Å². The molecule has 0 spiro atoms. The molecule has 0 fully saturated rings. The molecule has 2 heterocycles. The molecule has 9 heteroatoms. The number of amides is 1. The number of unbranched alkanes of at least 4 members (excludes halogenated alkanes) is 2. The first-order chi connectivity index (χ1) is 16.7. The first-order valence-electron chi connectivity index (χ1n) is 11.2. The third-order valence-electron chi connectivity index (χ3n) is 5.15. The van der Waals surface area contributed by atoms with Crippen LogP contribution in [0.3, 0.4) is 0 Å². The summed E-state index contributed by atoms with van der Waals surface area (Å²) in [7, 11) is 1.64. The summed E-state index contributed by atoms with van der Waals surface area (Å²) >= 11 is 1.44. The third-order valence-corrected chi connectivity index (χ3v) is 6.06. The van der Waals surface area contributed by atoms with Crippen LogP contribution in [0.4, 0.5) is 0 Å². The van der Waals surface area contributed by atoms with E-state index in [1.165, 1.54) is 18.0 Å². The second-order valence-electron chi connectivity index (χ2n) is 7.59. The molecule has 0 saturated heterocycles. The average molecular weight is 478 g/mol. The molecule has 0 saturated carbocycles. The molecule has 0 radical (unpaired) electrons. The molecule has 8 nitrogen and oxygen atoms in total. The number of carbonyl (C=O) groups excluding carboxylic acids is 1. The van der Waals surface area contributed by atoms with Crippen molar-refractivity contribution in [1.29, 1.82) is 0 Å². The maximum atomic E-state index is 12.3. The highest BCUT2D eigenvalue weighted by Crippen LogP contribution is 2.31. The molecule has 0 atom stereocenters.